The minimum absolute atomic E-state index is 0.171. The van der Waals surface area contributed by atoms with Crippen LogP contribution in [0, 0.1) is 0 Å². The number of anilines is 1. The van der Waals surface area contributed by atoms with E-state index in [0.29, 0.717) is 47.4 Å². The van der Waals surface area contributed by atoms with Crippen LogP contribution in [0.15, 0.2) is 71.8 Å². The number of carbonyl (C=O) groups excluding carboxylic acids is 1. The smallest absolute Gasteiger partial charge is 0.260 e. The number of thiazole rings is 1. The van der Waals surface area contributed by atoms with Gasteiger partial charge in [0, 0.05) is 24.8 Å². The lowest BCUT2D eigenvalue weighted by atomic mass is 10.2. The van der Waals surface area contributed by atoms with Gasteiger partial charge in [-0.15, -0.1) is 0 Å². The third-order valence-electron chi connectivity index (χ3n) is 6.05. The molecule has 0 spiro atoms. The highest BCUT2D eigenvalue weighted by Crippen LogP contribution is 2.35. The normalized spacial score (nSPS) is 11.7. The van der Waals surface area contributed by atoms with E-state index in [1.54, 1.807) is 23.2 Å². The van der Waals surface area contributed by atoms with Crippen LogP contribution in [-0.4, -0.2) is 48.3 Å². The lowest BCUT2D eigenvalue weighted by molar-refractivity contribution is 0.0984. The van der Waals surface area contributed by atoms with Gasteiger partial charge in [-0.25, -0.2) is 13.4 Å². The van der Waals surface area contributed by atoms with Gasteiger partial charge in [0.1, 0.15) is 11.3 Å². The first-order chi connectivity index (χ1) is 18.4. The van der Waals surface area contributed by atoms with Crippen molar-refractivity contribution in [1.82, 2.24) is 14.3 Å². The molecule has 1 amide bonds. The fraction of sp³-hybridized carbons (Fsp3) is 0.321. The molecule has 0 saturated heterocycles. The maximum absolute atomic E-state index is 13.8. The molecule has 2 aromatic carbocycles. The monoisotopic (exact) mass is 552 g/mol. The van der Waals surface area contributed by atoms with Crippen molar-refractivity contribution in [1.29, 1.82) is 0 Å². The molecule has 0 aliphatic rings. The van der Waals surface area contributed by atoms with E-state index in [1.165, 1.54) is 27.8 Å². The molecule has 4 rings (SSSR count). The molecule has 0 bridgehead atoms. The van der Waals surface area contributed by atoms with Crippen molar-refractivity contribution in [3.63, 3.8) is 0 Å². The van der Waals surface area contributed by atoms with Crippen molar-refractivity contribution in [2.45, 2.75) is 45.1 Å². The fourth-order valence-electron chi connectivity index (χ4n) is 4.04. The van der Waals surface area contributed by atoms with E-state index < -0.39 is 10.0 Å². The van der Waals surface area contributed by atoms with Crippen molar-refractivity contribution in [3.8, 4) is 5.75 Å². The summed E-state index contributed by atoms with van der Waals surface area (Å²) in [7, 11) is -3.64. The number of sulfonamides is 1. The van der Waals surface area contributed by atoms with Gasteiger partial charge in [-0.05, 0) is 61.9 Å². The van der Waals surface area contributed by atoms with Crippen molar-refractivity contribution in [2.75, 3.05) is 24.6 Å². The molecule has 2 aromatic heterocycles. The molecule has 8 nitrogen and oxygen atoms in total. The molecule has 200 valence electrons. The molecule has 0 radical (unpaired) electrons. The Hall–Kier alpha value is -3.34. The number of benzene rings is 2. The summed E-state index contributed by atoms with van der Waals surface area (Å²) in [5.41, 5.74) is 1.76. The molecular formula is C28H32N4O4S2. The Morgan fingerprint density at radius 3 is 2.45 bits per heavy atom. The van der Waals surface area contributed by atoms with Crippen molar-refractivity contribution >= 4 is 42.6 Å². The standard InChI is InChI=1S/C28H32N4O4S2/c1-4-7-19-31(5-2)38(34,35)23-16-14-21(15-17-23)27(33)32(20-22-11-8-9-18-29-22)28-30-26-24(36-6-3)12-10-13-25(26)37-28/h8-18H,4-7,19-20H2,1-3H3. The van der Waals surface area contributed by atoms with Crippen LogP contribution in [0.2, 0.25) is 0 Å². The summed E-state index contributed by atoms with van der Waals surface area (Å²) in [5.74, 6) is 0.366. The minimum Gasteiger partial charge on any atom is -0.492 e. The Kier molecular flexibility index (Phi) is 9.09. The summed E-state index contributed by atoms with van der Waals surface area (Å²) in [5, 5.41) is 0.510. The number of carbonyl (C=O) groups is 1. The van der Waals surface area contributed by atoms with Gasteiger partial charge in [-0.1, -0.05) is 43.7 Å². The molecular weight excluding hydrogens is 520 g/mol. The predicted molar refractivity (Wildman–Crippen MR) is 151 cm³/mol. The number of ether oxygens (including phenoxy) is 1. The van der Waals surface area contributed by atoms with Gasteiger partial charge < -0.3 is 4.74 Å². The van der Waals surface area contributed by atoms with Crippen molar-refractivity contribution in [3.05, 3.63) is 78.1 Å². The zero-order chi connectivity index (χ0) is 27.1. The van der Waals surface area contributed by atoms with Crippen LogP contribution in [0.1, 0.15) is 49.7 Å². The summed E-state index contributed by atoms with van der Waals surface area (Å²) in [6, 6.07) is 17.4. The highest BCUT2D eigenvalue weighted by molar-refractivity contribution is 7.89. The van der Waals surface area contributed by atoms with Gasteiger partial charge in [-0.2, -0.15) is 4.31 Å². The van der Waals surface area contributed by atoms with Crippen LogP contribution in [-0.2, 0) is 16.6 Å². The van der Waals surface area contributed by atoms with E-state index >= 15 is 0 Å². The molecule has 0 aliphatic heterocycles. The lowest BCUT2D eigenvalue weighted by Gasteiger charge is -2.21. The number of hydrogen-bond acceptors (Lipinski definition) is 7. The number of unbranched alkanes of at least 4 members (excludes halogenated alkanes) is 1. The van der Waals surface area contributed by atoms with Crippen LogP contribution in [0.3, 0.4) is 0 Å². The summed E-state index contributed by atoms with van der Waals surface area (Å²) in [6.45, 7) is 7.35. The van der Waals surface area contributed by atoms with Crippen LogP contribution < -0.4 is 9.64 Å². The largest absolute Gasteiger partial charge is 0.492 e. The Balaban J connectivity index is 1.68. The molecule has 0 N–H and O–H groups in total. The quantitative estimate of drug-likeness (QED) is 0.222. The first kappa shape index (κ1) is 27.7. The van der Waals surface area contributed by atoms with E-state index in [-0.39, 0.29) is 17.3 Å². The van der Waals surface area contributed by atoms with E-state index in [1.807, 2.05) is 57.2 Å². The van der Waals surface area contributed by atoms with Crippen LogP contribution in [0.4, 0.5) is 5.13 Å². The first-order valence-electron chi connectivity index (χ1n) is 12.7. The number of nitrogens with zero attached hydrogens (tertiary/aromatic N) is 4. The molecule has 2 heterocycles. The van der Waals surface area contributed by atoms with E-state index in [9.17, 15) is 13.2 Å². The van der Waals surface area contributed by atoms with Crippen LogP contribution in [0.25, 0.3) is 10.2 Å². The fourth-order valence-corrected chi connectivity index (χ4v) is 6.50. The molecule has 0 unspecified atom stereocenters. The van der Waals surface area contributed by atoms with Gasteiger partial charge in [0.15, 0.2) is 5.13 Å². The molecule has 4 aromatic rings. The Morgan fingerprint density at radius 1 is 1.00 bits per heavy atom. The SMILES string of the molecule is CCCCN(CC)S(=O)(=O)c1ccc(C(=O)N(Cc2ccccn2)c2nc3c(OCC)cccc3s2)cc1. The lowest BCUT2D eigenvalue weighted by Crippen LogP contribution is -2.32. The van der Waals surface area contributed by atoms with E-state index in [2.05, 4.69) is 4.98 Å². The van der Waals surface area contributed by atoms with Gasteiger partial charge in [0.05, 0.1) is 28.4 Å². The average Bonchev–Trinajstić information content (AvgIpc) is 3.37. The highest BCUT2D eigenvalue weighted by atomic mass is 32.2. The van der Waals surface area contributed by atoms with Crippen molar-refractivity contribution in [2.24, 2.45) is 0 Å². The Morgan fingerprint density at radius 2 is 1.79 bits per heavy atom. The van der Waals surface area contributed by atoms with Gasteiger partial charge >= 0.3 is 0 Å². The number of fused-ring (bicyclic) bond motifs is 1. The number of para-hydroxylation sites is 1. The maximum Gasteiger partial charge on any atom is 0.260 e. The summed E-state index contributed by atoms with van der Waals surface area (Å²) >= 11 is 1.39. The van der Waals surface area contributed by atoms with Gasteiger partial charge in [0.25, 0.3) is 5.91 Å². The molecule has 0 fully saturated rings. The Labute approximate surface area is 228 Å². The summed E-state index contributed by atoms with van der Waals surface area (Å²) < 4.78 is 34.4. The third kappa shape index (κ3) is 6.03. The second-order valence-electron chi connectivity index (χ2n) is 8.62. The Bertz CT molecular complexity index is 1470. The molecule has 10 heteroatoms. The first-order valence-corrected chi connectivity index (χ1v) is 15.0. The number of aromatic nitrogens is 2. The molecule has 0 saturated carbocycles. The highest BCUT2D eigenvalue weighted by Gasteiger charge is 2.26. The average molecular weight is 553 g/mol. The van der Waals surface area contributed by atoms with Crippen molar-refractivity contribution < 1.29 is 17.9 Å². The van der Waals surface area contributed by atoms with Crippen LogP contribution in [0.5, 0.6) is 5.75 Å². The number of rotatable bonds is 12. The van der Waals surface area contributed by atoms with Gasteiger partial charge in [0.2, 0.25) is 10.0 Å². The summed E-state index contributed by atoms with van der Waals surface area (Å²) in [6.07, 6.45) is 3.38. The number of amides is 1. The second-order valence-corrected chi connectivity index (χ2v) is 11.6. The van der Waals surface area contributed by atoms with E-state index in [0.717, 1.165) is 17.5 Å². The number of hydrogen-bond donors (Lipinski definition) is 0. The van der Waals surface area contributed by atoms with Crippen LogP contribution >= 0.6 is 11.3 Å². The molecule has 38 heavy (non-hydrogen) atoms. The zero-order valence-electron chi connectivity index (χ0n) is 21.8. The zero-order valence-corrected chi connectivity index (χ0v) is 23.5. The second kappa shape index (κ2) is 12.5. The predicted octanol–water partition coefficient (Wildman–Crippen LogP) is 5.75. The summed E-state index contributed by atoms with van der Waals surface area (Å²) in [4.78, 5) is 24.7. The van der Waals surface area contributed by atoms with E-state index in [4.69, 9.17) is 9.72 Å². The topological polar surface area (TPSA) is 92.7 Å². The third-order valence-corrected chi connectivity index (χ3v) is 9.08. The van der Waals surface area contributed by atoms with Gasteiger partial charge in [-0.3, -0.25) is 14.7 Å². The minimum atomic E-state index is -3.64. The molecule has 0 atom stereocenters. The number of pyridine rings is 1. The molecule has 0 aliphatic carbocycles. The maximum atomic E-state index is 13.8.